The van der Waals surface area contributed by atoms with Crippen LogP contribution in [0.15, 0.2) is 0 Å². The maximum absolute atomic E-state index is 12.7. The number of aryl methyl sites for hydroxylation is 2. The molecule has 1 fully saturated rings. The summed E-state index contributed by atoms with van der Waals surface area (Å²) >= 11 is 6.20. The van der Waals surface area contributed by atoms with Crippen molar-refractivity contribution in [1.82, 2.24) is 9.78 Å². The van der Waals surface area contributed by atoms with Crippen LogP contribution in [0.2, 0.25) is 5.15 Å². The maximum Gasteiger partial charge on any atom is 0.144 e. The minimum atomic E-state index is -0.330. The molecule has 1 aromatic heterocycles. The number of carbonyl (C=O) groups is 1. The van der Waals surface area contributed by atoms with E-state index in [1.807, 2.05) is 6.92 Å². The molecular formula is C14H22ClN3O. The van der Waals surface area contributed by atoms with Gasteiger partial charge >= 0.3 is 0 Å². The molecule has 1 heterocycles. The Bertz CT molecular complexity index is 475. The molecule has 0 saturated heterocycles. The fourth-order valence-electron chi connectivity index (χ4n) is 3.05. The lowest BCUT2D eigenvalue weighted by molar-refractivity contribution is -0.129. The highest BCUT2D eigenvalue weighted by atomic mass is 35.5. The number of nitrogens with two attached hydrogens (primary N) is 1. The van der Waals surface area contributed by atoms with Gasteiger partial charge in [-0.3, -0.25) is 9.48 Å². The zero-order valence-corrected chi connectivity index (χ0v) is 12.5. The van der Waals surface area contributed by atoms with E-state index in [9.17, 15) is 4.79 Å². The molecule has 1 saturated carbocycles. The highest BCUT2D eigenvalue weighted by molar-refractivity contribution is 6.30. The molecule has 106 valence electrons. The van der Waals surface area contributed by atoms with Crippen LogP contribution in [-0.2, 0) is 18.3 Å². The molecular weight excluding hydrogens is 262 g/mol. The summed E-state index contributed by atoms with van der Waals surface area (Å²) in [5.74, 6) is 0.229. The Morgan fingerprint density at radius 2 is 2.05 bits per heavy atom. The molecule has 2 N–H and O–H groups in total. The first-order chi connectivity index (χ1) is 9.00. The smallest absolute Gasteiger partial charge is 0.144 e. The van der Waals surface area contributed by atoms with E-state index in [1.165, 1.54) is 6.42 Å². The summed E-state index contributed by atoms with van der Waals surface area (Å²) in [7, 11) is 1.79. The van der Waals surface area contributed by atoms with Crippen molar-refractivity contribution in [3.63, 3.8) is 0 Å². The first kappa shape index (κ1) is 14.5. The van der Waals surface area contributed by atoms with Gasteiger partial charge in [0.15, 0.2) is 0 Å². The normalized spacial score (nSPS) is 18.5. The van der Waals surface area contributed by atoms with Crippen LogP contribution in [0, 0.1) is 12.3 Å². The van der Waals surface area contributed by atoms with Gasteiger partial charge in [-0.1, -0.05) is 30.9 Å². The predicted octanol–water partition coefficient (Wildman–Crippen LogP) is 2.40. The zero-order valence-electron chi connectivity index (χ0n) is 11.7. The molecule has 0 unspecified atom stereocenters. The van der Waals surface area contributed by atoms with Crippen LogP contribution in [0.25, 0.3) is 0 Å². The standard InChI is InChI=1S/C14H22ClN3O/c1-10-11(13(15)18(2)17-10)8-12(19)14(9-16)6-4-3-5-7-14/h3-9,16H2,1-2H3. The van der Waals surface area contributed by atoms with Gasteiger partial charge < -0.3 is 5.73 Å². The van der Waals surface area contributed by atoms with Crippen LogP contribution >= 0.6 is 11.6 Å². The number of aromatic nitrogens is 2. The average Bonchev–Trinajstić information content (AvgIpc) is 2.66. The molecule has 1 aliphatic carbocycles. The molecule has 0 bridgehead atoms. The molecule has 0 spiro atoms. The second-order valence-corrected chi connectivity index (χ2v) is 5.98. The van der Waals surface area contributed by atoms with E-state index in [1.54, 1.807) is 11.7 Å². The summed E-state index contributed by atoms with van der Waals surface area (Å²) in [6, 6.07) is 0. The summed E-state index contributed by atoms with van der Waals surface area (Å²) in [6.07, 6.45) is 5.60. The molecule has 1 aromatic rings. The van der Waals surface area contributed by atoms with Crippen molar-refractivity contribution >= 4 is 17.4 Å². The Morgan fingerprint density at radius 3 is 2.53 bits per heavy atom. The van der Waals surface area contributed by atoms with Crippen LogP contribution in [0.5, 0.6) is 0 Å². The molecule has 1 aliphatic rings. The summed E-state index contributed by atoms with van der Waals surface area (Å²) in [5.41, 5.74) is 7.26. The van der Waals surface area contributed by atoms with Crippen molar-refractivity contribution in [3.05, 3.63) is 16.4 Å². The van der Waals surface area contributed by atoms with E-state index >= 15 is 0 Å². The topological polar surface area (TPSA) is 60.9 Å². The molecule has 0 radical (unpaired) electrons. The second kappa shape index (κ2) is 5.63. The number of hydrogen-bond acceptors (Lipinski definition) is 3. The minimum Gasteiger partial charge on any atom is -0.329 e. The van der Waals surface area contributed by atoms with E-state index in [-0.39, 0.29) is 11.2 Å². The van der Waals surface area contributed by atoms with Crippen molar-refractivity contribution in [2.24, 2.45) is 18.2 Å². The Balaban J connectivity index is 2.19. The van der Waals surface area contributed by atoms with E-state index in [4.69, 9.17) is 17.3 Å². The number of halogens is 1. The van der Waals surface area contributed by atoms with Crippen molar-refractivity contribution in [1.29, 1.82) is 0 Å². The highest BCUT2D eigenvalue weighted by Crippen LogP contribution is 2.37. The number of ketones is 1. The molecule has 19 heavy (non-hydrogen) atoms. The maximum atomic E-state index is 12.7. The Morgan fingerprint density at radius 1 is 1.42 bits per heavy atom. The molecule has 0 aliphatic heterocycles. The van der Waals surface area contributed by atoms with E-state index < -0.39 is 0 Å². The van der Waals surface area contributed by atoms with Gasteiger partial charge in [-0.15, -0.1) is 0 Å². The average molecular weight is 284 g/mol. The second-order valence-electron chi connectivity index (χ2n) is 5.62. The number of nitrogens with zero attached hydrogens (tertiary/aromatic N) is 2. The number of rotatable bonds is 4. The lowest BCUT2D eigenvalue weighted by atomic mass is 9.70. The lowest BCUT2D eigenvalue weighted by Crippen LogP contribution is -2.41. The van der Waals surface area contributed by atoms with Crippen molar-refractivity contribution in [2.75, 3.05) is 6.54 Å². The summed E-state index contributed by atoms with van der Waals surface area (Å²) in [5, 5.41) is 4.82. The quantitative estimate of drug-likeness (QED) is 0.923. The van der Waals surface area contributed by atoms with Crippen LogP contribution in [0.1, 0.15) is 43.4 Å². The number of hydrogen-bond donors (Lipinski definition) is 1. The van der Waals surface area contributed by atoms with Gasteiger partial charge in [-0.2, -0.15) is 5.10 Å². The Labute approximate surface area is 119 Å². The fourth-order valence-corrected chi connectivity index (χ4v) is 3.29. The monoisotopic (exact) mass is 283 g/mol. The third-order valence-electron chi connectivity index (χ3n) is 4.40. The van der Waals surface area contributed by atoms with E-state index in [0.717, 1.165) is 36.9 Å². The zero-order chi connectivity index (χ0) is 14.0. The molecule has 0 aromatic carbocycles. The molecule has 5 heteroatoms. The van der Waals surface area contributed by atoms with E-state index in [2.05, 4.69) is 5.10 Å². The van der Waals surface area contributed by atoms with Gasteiger partial charge in [-0.05, 0) is 19.8 Å². The van der Waals surface area contributed by atoms with Crippen LogP contribution in [0.4, 0.5) is 0 Å². The molecule has 2 rings (SSSR count). The van der Waals surface area contributed by atoms with Crippen molar-refractivity contribution < 1.29 is 4.79 Å². The molecule has 4 nitrogen and oxygen atoms in total. The van der Waals surface area contributed by atoms with Gasteiger partial charge in [-0.25, -0.2) is 0 Å². The Hall–Kier alpha value is -0.870. The highest BCUT2D eigenvalue weighted by Gasteiger charge is 2.38. The summed E-state index contributed by atoms with van der Waals surface area (Å²) in [6.45, 7) is 2.34. The van der Waals surface area contributed by atoms with E-state index in [0.29, 0.717) is 18.1 Å². The van der Waals surface area contributed by atoms with Crippen LogP contribution < -0.4 is 5.73 Å². The first-order valence-electron chi connectivity index (χ1n) is 6.91. The SMILES string of the molecule is Cc1nn(C)c(Cl)c1CC(=O)C1(CN)CCCCC1. The van der Waals surface area contributed by atoms with Crippen LogP contribution in [-0.4, -0.2) is 22.1 Å². The van der Waals surface area contributed by atoms with Crippen molar-refractivity contribution in [2.45, 2.75) is 45.4 Å². The lowest BCUT2D eigenvalue weighted by Gasteiger charge is -2.34. The summed E-state index contributed by atoms with van der Waals surface area (Å²) in [4.78, 5) is 12.7. The molecule has 0 atom stereocenters. The van der Waals surface area contributed by atoms with Gasteiger partial charge in [0, 0.05) is 31.0 Å². The molecule has 0 amide bonds. The van der Waals surface area contributed by atoms with Gasteiger partial charge in [0.05, 0.1) is 5.69 Å². The van der Waals surface area contributed by atoms with Gasteiger partial charge in [0.1, 0.15) is 10.9 Å². The van der Waals surface area contributed by atoms with Crippen molar-refractivity contribution in [3.8, 4) is 0 Å². The largest absolute Gasteiger partial charge is 0.329 e. The first-order valence-corrected chi connectivity index (χ1v) is 7.29. The number of carbonyl (C=O) groups excluding carboxylic acids is 1. The third-order valence-corrected chi connectivity index (χ3v) is 4.87. The summed E-state index contributed by atoms with van der Waals surface area (Å²) < 4.78 is 1.62. The number of Topliss-reactive ketones (excluding diaryl/α,β-unsaturated/α-hetero) is 1. The van der Waals surface area contributed by atoms with Crippen LogP contribution in [0.3, 0.4) is 0 Å². The van der Waals surface area contributed by atoms with Gasteiger partial charge in [0.2, 0.25) is 0 Å². The Kier molecular flexibility index (Phi) is 4.31. The fraction of sp³-hybridized carbons (Fsp3) is 0.714. The van der Waals surface area contributed by atoms with Gasteiger partial charge in [0.25, 0.3) is 0 Å². The third kappa shape index (κ3) is 2.70. The predicted molar refractivity (Wildman–Crippen MR) is 76.2 cm³/mol. The minimum absolute atomic E-state index is 0.229.